The number of rotatable bonds is 5. The van der Waals surface area contributed by atoms with Gasteiger partial charge in [0.15, 0.2) is 5.82 Å². The molecule has 6 nitrogen and oxygen atoms in total. The van der Waals surface area contributed by atoms with Crippen molar-refractivity contribution < 1.29 is 9.13 Å². The van der Waals surface area contributed by atoms with Gasteiger partial charge in [0.2, 0.25) is 11.9 Å². The fourth-order valence-corrected chi connectivity index (χ4v) is 2.10. The molecule has 0 atom stereocenters. The van der Waals surface area contributed by atoms with Gasteiger partial charge in [-0.1, -0.05) is 24.3 Å². The van der Waals surface area contributed by atoms with Gasteiger partial charge < -0.3 is 15.8 Å². The van der Waals surface area contributed by atoms with Crippen molar-refractivity contribution >= 4 is 17.6 Å². The van der Waals surface area contributed by atoms with Crippen LogP contribution in [0.5, 0.6) is 5.75 Å². The molecule has 0 aliphatic rings. The molecule has 3 rings (SSSR count). The van der Waals surface area contributed by atoms with Gasteiger partial charge in [-0.05, 0) is 30.7 Å². The zero-order valence-electron chi connectivity index (χ0n) is 13.0. The highest BCUT2D eigenvalue weighted by Crippen LogP contribution is 2.18. The smallest absolute Gasteiger partial charge is 0.232 e. The Labute approximate surface area is 138 Å². The van der Waals surface area contributed by atoms with E-state index in [1.54, 1.807) is 12.1 Å². The highest BCUT2D eigenvalue weighted by molar-refractivity contribution is 5.58. The van der Waals surface area contributed by atoms with E-state index in [1.807, 2.05) is 31.2 Å². The van der Waals surface area contributed by atoms with Crippen LogP contribution in [0, 0.1) is 12.7 Å². The van der Waals surface area contributed by atoms with Crippen molar-refractivity contribution in [1.29, 1.82) is 0 Å². The number of nitrogens with one attached hydrogen (secondary N) is 1. The number of para-hydroxylation sites is 1. The molecule has 0 spiro atoms. The molecular formula is C17H16FN5O. The SMILES string of the molecule is Cc1ccccc1Nc1nc(N)nc(COc2cccc(F)c2)n1. The molecule has 2 aromatic carbocycles. The van der Waals surface area contributed by atoms with Crippen LogP contribution in [-0.2, 0) is 6.61 Å². The number of hydrogen-bond donors (Lipinski definition) is 2. The van der Waals surface area contributed by atoms with E-state index in [2.05, 4.69) is 20.3 Å². The number of ether oxygens (including phenoxy) is 1. The summed E-state index contributed by atoms with van der Waals surface area (Å²) in [6, 6.07) is 13.6. The number of anilines is 3. The van der Waals surface area contributed by atoms with E-state index in [0.29, 0.717) is 17.5 Å². The molecule has 3 N–H and O–H groups in total. The van der Waals surface area contributed by atoms with Crippen LogP contribution in [0.25, 0.3) is 0 Å². The van der Waals surface area contributed by atoms with Gasteiger partial charge in [0.25, 0.3) is 0 Å². The topological polar surface area (TPSA) is 86.0 Å². The molecule has 1 aromatic heterocycles. The second kappa shape index (κ2) is 6.91. The second-order valence-electron chi connectivity index (χ2n) is 5.12. The largest absolute Gasteiger partial charge is 0.486 e. The number of nitrogen functional groups attached to an aromatic ring is 1. The third kappa shape index (κ3) is 3.95. The van der Waals surface area contributed by atoms with Gasteiger partial charge in [-0.25, -0.2) is 4.39 Å². The fraction of sp³-hybridized carbons (Fsp3) is 0.118. The molecule has 3 aromatic rings. The Morgan fingerprint density at radius 3 is 2.71 bits per heavy atom. The predicted molar refractivity (Wildman–Crippen MR) is 89.4 cm³/mol. The summed E-state index contributed by atoms with van der Waals surface area (Å²) in [4.78, 5) is 12.4. The normalized spacial score (nSPS) is 10.4. The van der Waals surface area contributed by atoms with E-state index in [9.17, 15) is 4.39 Å². The Balaban J connectivity index is 1.75. The summed E-state index contributed by atoms with van der Waals surface area (Å²) in [7, 11) is 0. The molecular weight excluding hydrogens is 309 g/mol. The minimum atomic E-state index is -0.371. The third-order valence-electron chi connectivity index (χ3n) is 3.25. The molecule has 0 saturated carbocycles. The maximum absolute atomic E-state index is 13.2. The van der Waals surface area contributed by atoms with Crippen LogP contribution in [0.2, 0.25) is 0 Å². The van der Waals surface area contributed by atoms with Crippen LogP contribution >= 0.6 is 0 Å². The van der Waals surface area contributed by atoms with Gasteiger partial charge in [0.05, 0.1) is 0 Å². The summed E-state index contributed by atoms with van der Waals surface area (Å²) in [6.45, 7) is 2.03. The molecule has 1 heterocycles. The lowest BCUT2D eigenvalue weighted by molar-refractivity contribution is 0.294. The molecule has 0 aliphatic carbocycles. The number of nitrogens with zero attached hydrogens (tertiary/aromatic N) is 3. The van der Waals surface area contributed by atoms with Crippen molar-refractivity contribution in [2.24, 2.45) is 0 Å². The van der Waals surface area contributed by atoms with Gasteiger partial charge in [-0.15, -0.1) is 0 Å². The van der Waals surface area contributed by atoms with Crippen LogP contribution in [-0.4, -0.2) is 15.0 Å². The minimum Gasteiger partial charge on any atom is -0.486 e. The summed E-state index contributed by atoms with van der Waals surface area (Å²) < 4.78 is 18.6. The number of aromatic nitrogens is 3. The summed E-state index contributed by atoms with van der Waals surface area (Å²) in [5, 5.41) is 3.10. The first kappa shape index (κ1) is 15.7. The number of benzene rings is 2. The standard InChI is InChI=1S/C17H16FN5O/c1-11-5-2-3-8-14(11)20-17-22-15(21-16(19)23-17)10-24-13-7-4-6-12(18)9-13/h2-9H,10H2,1H3,(H3,19,20,21,22,23). The number of nitrogens with two attached hydrogens (primary N) is 1. The molecule has 0 aliphatic heterocycles. The van der Waals surface area contributed by atoms with Crippen molar-refractivity contribution in [2.45, 2.75) is 13.5 Å². The average molecular weight is 325 g/mol. The summed E-state index contributed by atoms with van der Waals surface area (Å²) in [6.07, 6.45) is 0. The highest BCUT2D eigenvalue weighted by atomic mass is 19.1. The molecule has 7 heteroatoms. The van der Waals surface area contributed by atoms with Gasteiger partial charge in [-0.3, -0.25) is 0 Å². The monoisotopic (exact) mass is 325 g/mol. The molecule has 24 heavy (non-hydrogen) atoms. The molecule has 122 valence electrons. The summed E-state index contributed by atoms with van der Waals surface area (Å²) >= 11 is 0. The van der Waals surface area contributed by atoms with E-state index < -0.39 is 0 Å². The fourth-order valence-electron chi connectivity index (χ4n) is 2.10. The van der Waals surface area contributed by atoms with Gasteiger partial charge in [0, 0.05) is 11.8 Å². The first-order valence-electron chi connectivity index (χ1n) is 7.31. The molecule has 0 unspecified atom stereocenters. The molecule has 0 saturated heterocycles. The van der Waals surface area contributed by atoms with E-state index in [1.165, 1.54) is 12.1 Å². The number of hydrogen-bond acceptors (Lipinski definition) is 6. The van der Waals surface area contributed by atoms with Crippen molar-refractivity contribution in [1.82, 2.24) is 15.0 Å². The van der Waals surface area contributed by atoms with Crippen molar-refractivity contribution in [2.75, 3.05) is 11.1 Å². The van der Waals surface area contributed by atoms with E-state index in [-0.39, 0.29) is 18.4 Å². The number of halogens is 1. The maximum atomic E-state index is 13.2. The maximum Gasteiger partial charge on any atom is 0.232 e. The van der Waals surface area contributed by atoms with Crippen LogP contribution in [0.3, 0.4) is 0 Å². The molecule has 0 bridgehead atoms. The Hall–Kier alpha value is -3.22. The van der Waals surface area contributed by atoms with Gasteiger partial charge >= 0.3 is 0 Å². The van der Waals surface area contributed by atoms with E-state index in [4.69, 9.17) is 10.5 Å². The highest BCUT2D eigenvalue weighted by Gasteiger charge is 2.07. The van der Waals surface area contributed by atoms with Gasteiger partial charge in [0.1, 0.15) is 18.2 Å². The molecule has 0 radical (unpaired) electrons. The first-order chi connectivity index (χ1) is 11.6. The van der Waals surface area contributed by atoms with Crippen LogP contribution < -0.4 is 15.8 Å². The lowest BCUT2D eigenvalue weighted by atomic mass is 10.2. The second-order valence-corrected chi connectivity index (χ2v) is 5.12. The number of aryl methyl sites for hydroxylation is 1. The van der Waals surface area contributed by atoms with Crippen LogP contribution in [0.4, 0.5) is 22.0 Å². The average Bonchev–Trinajstić information content (AvgIpc) is 2.55. The van der Waals surface area contributed by atoms with Gasteiger partial charge in [-0.2, -0.15) is 15.0 Å². The van der Waals surface area contributed by atoms with Crippen molar-refractivity contribution in [3.8, 4) is 5.75 Å². The van der Waals surface area contributed by atoms with Crippen LogP contribution in [0.15, 0.2) is 48.5 Å². The molecule has 0 amide bonds. The summed E-state index contributed by atoms with van der Waals surface area (Å²) in [5.74, 6) is 0.781. The quantitative estimate of drug-likeness (QED) is 0.749. The predicted octanol–water partition coefficient (Wildman–Crippen LogP) is 3.22. The van der Waals surface area contributed by atoms with Crippen LogP contribution in [0.1, 0.15) is 11.4 Å². The van der Waals surface area contributed by atoms with Crippen molar-refractivity contribution in [3.63, 3.8) is 0 Å². The Morgan fingerprint density at radius 1 is 1.08 bits per heavy atom. The summed E-state index contributed by atoms with van der Waals surface area (Å²) in [5.41, 5.74) is 7.65. The molecule has 0 fully saturated rings. The minimum absolute atomic E-state index is 0.0542. The van der Waals surface area contributed by atoms with E-state index >= 15 is 0 Å². The zero-order chi connectivity index (χ0) is 16.9. The lowest BCUT2D eigenvalue weighted by Gasteiger charge is -2.10. The Bertz CT molecular complexity index is 856. The van der Waals surface area contributed by atoms with E-state index in [0.717, 1.165) is 11.3 Å². The Morgan fingerprint density at radius 2 is 1.92 bits per heavy atom. The Kier molecular flexibility index (Phi) is 4.51. The lowest BCUT2D eigenvalue weighted by Crippen LogP contribution is -2.09. The third-order valence-corrected chi connectivity index (χ3v) is 3.25. The zero-order valence-corrected chi connectivity index (χ0v) is 13.0. The first-order valence-corrected chi connectivity index (χ1v) is 7.31. The van der Waals surface area contributed by atoms with Crippen molar-refractivity contribution in [3.05, 3.63) is 65.7 Å².